The SMILES string of the molecule is CCc1nccn1Cc1cc(C#Cc2ccc(OCCO)cc2)on1. The molecular weight excluding hydrogens is 318 g/mol. The second-order valence-electron chi connectivity index (χ2n) is 5.35. The quantitative estimate of drug-likeness (QED) is 0.699. The largest absolute Gasteiger partial charge is 0.491 e. The van der Waals surface area contributed by atoms with Gasteiger partial charge in [-0.3, -0.25) is 0 Å². The molecule has 2 aromatic heterocycles. The van der Waals surface area contributed by atoms with Gasteiger partial charge in [0.2, 0.25) is 5.76 Å². The molecule has 3 aromatic rings. The summed E-state index contributed by atoms with van der Waals surface area (Å²) in [5, 5.41) is 12.8. The number of aromatic nitrogens is 3. The number of aliphatic hydroxyl groups excluding tert-OH is 1. The summed E-state index contributed by atoms with van der Waals surface area (Å²) in [5.74, 6) is 8.24. The van der Waals surface area contributed by atoms with Crippen LogP contribution in [0.1, 0.15) is 29.8 Å². The van der Waals surface area contributed by atoms with E-state index in [4.69, 9.17) is 14.4 Å². The molecule has 0 saturated carbocycles. The number of rotatable bonds is 6. The Hall–Kier alpha value is -3.04. The second kappa shape index (κ2) is 8.18. The van der Waals surface area contributed by atoms with Gasteiger partial charge in [0, 0.05) is 30.4 Å². The van der Waals surface area contributed by atoms with Crippen LogP contribution >= 0.6 is 0 Å². The summed E-state index contributed by atoms with van der Waals surface area (Å²) in [6.45, 7) is 2.96. The van der Waals surface area contributed by atoms with Crippen LogP contribution < -0.4 is 4.74 Å². The maximum Gasteiger partial charge on any atom is 0.210 e. The fraction of sp³-hybridized carbons (Fsp3) is 0.263. The van der Waals surface area contributed by atoms with Crippen molar-refractivity contribution in [2.45, 2.75) is 19.9 Å². The molecule has 0 amide bonds. The lowest BCUT2D eigenvalue weighted by molar-refractivity contribution is 0.201. The third-order valence-corrected chi connectivity index (χ3v) is 3.55. The molecule has 0 radical (unpaired) electrons. The predicted octanol–water partition coefficient (Wildman–Crippen LogP) is 2.25. The monoisotopic (exact) mass is 337 g/mol. The third-order valence-electron chi connectivity index (χ3n) is 3.55. The van der Waals surface area contributed by atoms with Gasteiger partial charge < -0.3 is 18.9 Å². The molecule has 0 atom stereocenters. The van der Waals surface area contributed by atoms with Crippen molar-refractivity contribution in [3.8, 4) is 17.6 Å². The van der Waals surface area contributed by atoms with Crippen LogP contribution in [0.15, 0.2) is 47.2 Å². The lowest BCUT2D eigenvalue weighted by atomic mass is 10.2. The van der Waals surface area contributed by atoms with Crippen molar-refractivity contribution in [1.82, 2.24) is 14.7 Å². The summed E-state index contributed by atoms with van der Waals surface area (Å²) in [4.78, 5) is 4.29. The van der Waals surface area contributed by atoms with Gasteiger partial charge in [-0.15, -0.1) is 0 Å². The number of aliphatic hydroxyl groups is 1. The van der Waals surface area contributed by atoms with Crippen LogP contribution in [0.25, 0.3) is 0 Å². The zero-order chi connectivity index (χ0) is 17.5. The number of nitrogens with zero attached hydrogens (tertiary/aromatic N) is 3. The highest BCUT2D eigenvalue weighted by Gasteiger charge is 2.06. The molecule has 0 aliphatic heterocycles. The summed E-state index contributed by atoms with van der Waals surface area (Å²) >= 11 is 0. The van der Waals surface area contributed by atoms with E-state index in [0.29, 0.717) is 18.1 Å². The fourth-order valence-corrected chi connectivity index (χ4v) is 2.35. The number of benzene rings is 1. The van der Waals surface area contributed by atoms with Crippen LogP contribution in [0.2, 0.25) is 0 Å². The molecular formula is C19H19N3O3. The summed E-state index contributed by atoms with van der Waals surface area (Å²) in [7, 11) is 0. The lowest BCUT2D eigenvalue weighted by Crippen LogP contribution is -2.03. The van der Waals surface area contributed by atoms with Gasteiger partial charge in [-0.05, 0) is 30.2 Å². The predicted molar refractivity (Wildman–Crippen MR) is 92.2 cm³/mol. The van der Waals surface area contributed by atoms with Crippen LogP contribution in [0.5, 0.6) is 5.75 Å². The minimum Gasteiger partial charge on any atom is -0.491 e. The van der Waals surface area contributed by atoms with Gasteiger partial charge >= 0.3 is 0 Å². The third kappa shape index (κ3) is 4.49. The highest BCUT2D eigenvalue weighted by Crippen LogP contribution is 2.12. The van der Waals surface area contributed by atoms with E-state index in [1.807, 2.05) is 41.1 Å². The lowest BCUT2D eigenvalue weighted by Gasteiger charge is -2.02. The first-order chi connectivity index (χ1) is 12.3. The van der Waals surface area contributed by atoms with Crippen molar-refractivity contribution >= 4 is 0 Å². The number of aryl methyl sites for hydroxylation is 1. The van der Waals surface area contributed by atoms with E-state index >= 15 is 0 Å². The average Bonchev–Trinajstić information content (AvgIpc) is 3.28. The van der Waals surface area contributed by atoms with Crippen molar-refractivity contribution < 1.29 is 14.4 Å². The van der Waals surface area contributed by atoms with Gasteiger partial charge in [0.15, 0.2) is 0 Å². The first-order valence-electron chi connectivity index (χ1n) is 8.10. The van der Waals surface area contributed by atoms with E-state index in [1.54, 1.807) is 6.20 Å². The zero-order valence-electron chi connectivity index (χ0n) is 14.0. The van der Waals surface area contributed by atoms with E-state index < -0.39 is 0 Å². The highest BCUT2D eigenvalue weighted by molar-refractivity contribution is 5.41. The first kappa shape index (κ1) is 16.8. The fourth-order valence-electron chi connectivity index (χ4n) is 2.35. The van der Waals surface area contributed by atoms with E-state index in [9.17, 15) is 0 Å². The van der Waals surface area contributed by atoms with Crippen molar-refractivity contribution in [3.05, 3.63) is 65.6 Å². The Bertz CT molecular complexity index is 869. The van der Waals surface area contributed by atoms with Crippen LogP contribution in [0.4, 0.5) is 0 Å². The molecule has 0 unspecified atom stereocenters. The summed E-state index contributed by atoms with van der Waals surface area (Å²) < 4.78 is 12.6. The van der Waals surface area contributed by atoms with Crippen molar-refractivity contribution in [2.24, 2.45) is 0 Å². The van der Waals surface area contributed by atoms with Gasteiger partial charge in [0.1, 0.15) is 23.9 Å². The molecule has 0 spiro atoms. The molecule has 1 N–H and O–H groups in total. The number of hydrogen-bond acceptors (Lipinski definition) is 5. The Kier molecular flexibility index (Phi) is 5.50. The van der Waals surface area contributed by atoms with Crippen LogP contribution in [-0.2, 0) is 13.0 Å². The molecule has 25 heavy (non-hydrogen) atoms. The maximum absolute atomic E-state index is 8.74. The minimum atomic E-state index is -0.00575. The van der Waals surface area contributed by atoms with Gasteiger partial charge in [-0.1, -0.05) is 18.0 Å². The Labute approximate surface area is 146 Å². The van der Waals surface area contributed by atoms with Crippen molar-refractivity contribution in [3.63, 3.8) is 0 Å². The van der Waals surface area contributed by atoms with E-state index in [2.05, 4.69) is 28.9 Å². The molecule has 6 heteroatoms. The molecule has 3 rings (SSSR count). The molecule has 0 saturated heterocycles. The molecule has 0 fully saturated rings. The van der Waals surface area contributed by atoms with Crippen molar-refractivity contribution in [1.29, 1.82) is 0 Å². The first-order valence-corrected chi connectivity index (χ1v) is 8.10. The molecule has 0 aliphatic rings. The summed E-state index contributed by atoms with van der Waals surface area (Å²) in [6, 6.07) is 9.19. The molecule has 0 aliphatic carbocycles. The second-order valence-corrected chi connectivity index (χ2v) is 5.35. The minimum absolute atomic E-state index is 0.00575. The Morgan fingerprint density at radius 1 is 1.24 bits per heavy atom. The summed E-state index contributed by atoms with van der Waals surface area (Å²) in [5.41, 5.74) is 1.65. The highest BCUT2D eigenvalue weighted by atomic mass is 16.5. The average molecular weight is 337 g/mol. The Morgan fingerprint density at radius 2 is 2.08 bits per heavy atom. The van der Waals surface area contributed by atoms with Gasteiger partial charge in [-0.2, -0.15) is 0 Å². The molecule has 6 nitrogen and oxygen atoms in total. The zero-order valence-corrected chi connectivity index (χ0v) is 14.0. The molecule has 0 bridgehead atoms. The molecule has 2 heterocycles. The topological polar surface area (TPSA) is 73.3 Å². The van der Waals surface area contributed by atoms with E-state index in [0.717, 1.165) is 23.5 Å². The molecule has 128 valence electrons. The van der Waals surface area contributed by atoms with Crippen LogP contribution in [0.3, 0.4) is 0 Å². The van der Waals surface area contributed by atoms with Gasteiger partial charge in [-0.25, -0.2) is 4.98 Å². The van der Waals surface area contributed by atoms with Gasteiger partial charge in [0.25, 0.3) is 0 Å². The van der Waals surface area contributed by atoms with Gasteiger partial charge in [0.05, 0.1) is 13.2 Å². The van der Waals surface area contributed by atoms with Crippen molar-refractivity contribution in [2.75, 3.05) is 13.2 Å². The Balaban J connectivity index is 1.64. The number of imidazole rings is 1. The number of hydrogen-bond donors (Lipinski definition) is 1. The Morgan fingerprint density at radius 3 is 2.84 bits per heavy atom. The smallest absolute Gasteiger partial charge is 0.210 e. The van der Waals surface area contributed by atoms with E-state index in [-0.39, 0.29) is 13.2 Å². The number of ether oxygens (including phenoxy) is 1. The van der Waals surface area contributed by atoms with E-state index in [1.165, 1.54) is 0 Å². The van der Waals surface area contributed by atoms with Crippen LogP contribution in [0, 0.1) is 11.8 Å². The summed E-state index contributed by atoms with van der Waals surface area (Å²) in [6.07, 6.45) is 4.59. The molecule has 1 aromatic carbocycles. The maximum atomic E-state index is 8.74. The standard InChI is InChI=1S/C19H19N3O3/c1-2-19-20-9-10-22(19)14-16-13-18(25-21-16)8-5-15-3-6-17(7-4-15)24-12-11-23/h3-4,6-7,9-10,13,23H,2,11-12,14H2,1H3. The normalized spacial score (nSPS) is 10.3. The van der Waals surface area contributed by atoms with Crippen LogP contribution in [-0.4, -0.2) is 33.0 Å².